The van der Waals surface area contributed by atoms with E-state index in [1.54, 1.807) is 31.4 Å². The second-order valence-corrected chi connectivity index (χ2v) is 7.89. The zero-order chi connectivity index (χ0) is 15.7. The van der Waals surface area contributed by atoms with E-state index in [9.17, 15) is 8.42 Å². The number of ether oxygens (including phenoxy) is 1. The fourth-order valence-electron chi connectivity index (χ4n) is 2.62. The van der Waals surface area contributed by atoms with Crippen molar-refractivity contribution in [2.45, 2.75) is 43.2 Å². The molecule has 0 amide bonds. The first kappa shape index (κ1) is 16.4. The summed E-state index contributed by atoms with van der Waals surface area (Å²) in [6.45, 7) is 4.75. The third-order valence-corrected chi connectivity index (χ3v) is 6.02. The first-order valence-corrected chi connectivity index (χ1v) is 8.63. The highest BCUT2D eigenvalue weighted by molar-refractivity contribution is 7.89. The molecule has 2 N–H and O–H groups in total. The van der Waals surface area contributed by atoms with Gasteiger partial charge in [0, 0.05) is 26.2 Å². The molecule has 1 aliphatic rings. The second kappa shape index (κ2) is 6.04. The highest BCUT2D eigenvalue weighted by atomic mass is 32.2. The van der Waals surface area contributed by atoms with Gasteiger partial charge >= 0.3 is 0 Å². The lowest BCUT2D eigenvalue weighted by molar-refractivity contribution is -0.0319. The van der Waals surface area contributed by atoms with Crippen LogP contribution < -0.4 is 5.73 Å². The average Bonchev–Trinajstić information content (AvgIpc) is 2.47. The largest absolute Gasteiger partial charge is 0.377 e. The van der Waals surface area contributed by atoms with Crippen molar-refractivity contribution < 1.29 is 13.2 Å². The molecule has 21 heavy (non-hydrogen) atoms. The summed E-state index contributed by atoms with van der Waals surface area (Å²) in [4.78, 5) is 0.312. The normalized spacial score (nSPS) is 25.7. The topological polar surface area (TPSA) is 72.6 Å². The number of piperidine rings is 1. The molecule has 1 fully saturated rings. The first-order chi connectivity index (χ1) is 9.78. The number of hydrogen-bond donors (Lipinski definition) is 1. The van der Waals surface area contributed by atoms with Gasteiger partial charge in [-0.2, -0.15) is 4.31 Å². The molecule has 0 spiro atoms. The van der Waals surface area contributed by atoms with Crippen LogP contribution in [0.5, 0.6) is 0 Å². The molecule has 2 rings (SSSR count). The fraction of sp³-hybridized carbons (Fsp3) is 0.600. The van der Waals surface area contributed by atoms with Crippen LogP contribution in [0.1, 0.15) is 38.3 Å². The lowest BCUT2D eigenvalue weighted by atomic mass is 9.96. The second-order valence-electron chi connectivity index (χ2n) is 5.95. The summed E-state index contributed by atoms with van der Waals surface area (Å²) in [5.41, 5.74) is 6.31. The van der Waals surface area contributed by atoms with Crippen molar-refractivity contribution in [2.75, 3.05) is 20.2 Å². The van der Waals surface area contributed by atoms with Crippen molar-refractivity contribution in [1.82, 2.24) is 4.31 Å². The van der Waals surface area contributed by atoms with E-state index in [2.05, 4.69) is 0 Å². The lowest BCUT2D eigenvalue weighted by Crippen LogP contribution is -2.49. The maximum absolute atomic E-state index is 12.7. The van der Waals surface area contributed by atoms with Gasteiger partial charge in [-0.3, -0.25) is 0 Å². The summed E-state index contributed by atoms with van der Waals surface area (Å²) >= 11 is 0. The molecule has 0 bridgehead atoms. The van der Waals surface area contributed by atoms with E-state index in [4.69, 9.17) is 10.5 Å². The molecule has 1 aliphatic heterocycles. The summed E-state index contributed by atoms with van der Waals surface area (Å²) < 4.78 is 32.4. The minimum atomic E-state index is -3.47. The van der Waals surface area contributed by atoms with Gasteiger partial charge in [-0.25, -0.2) is 8.42 Å². The van der Waals surface area contributed by atoms with Gasteiger partial charge in [-0.1, -0.05) is 12.1 Å². The molecular formula is C15H24N2O3S. The van der Waals surface area contributed by atoms with E-state index in [0.717, 1.165) is 18.4 Å². The molecule has 0 aromatic heterocycles. The van der Waals surface area contributed by atoms with Crippen LogP contribution in [0.25, 0.3) is 0 Å². The Labute approximate surface area is 127 Å². The Hall–Kier alpha value is -0.950. The number of sulfonamides is 1. The van der Waals surface area contributed by atoms with Crippen molar-refractivity contribution in [1.29, 1.82) is 0 Å². The molecular weight excluding hydrogens is 288 g/mol. The van der Waals surface area contributed by atoms with Gasteiger partial charge in [-0.15, -0.1) is 0 Å². The maximum Gasteiger partial charge on any atom is 0.243 e. The Morgan fingerprint density at radius 2 is 1.95 bits per heavy atom. The predicted molar refractivity (Wildman–Crippen MR) is 82.5 cm³/mol. The Morgan fingerprint density at radius 3 is 2.48 bits per heavy atom. The number of methoxy groups -OCH3 is 1. The van der Waals surface area contributed by atoms with E-state index in [0.29, 0.717) is 18.0 Å². The molecule has 1 saturated heterocycles. The van der Waals surface area contributed by atoms with Crippen LogP contribution in [-0.2, 0) is 14.8 Å². The Kier molecular flexibility index (Phi) is 4.72. The van der Waals surface area contributed by atoms with Crippen molar-refractivity contribution in [3.8, 4) is 0 Å². The summed E-state index contributed by atoms with van der Waals surface area (Å²) in [6, 6.07) is 6.71. The molecule has 1 aromatic rings. The minimum Gasteiger partial charge on any atom is -0.377 e. The molecule has 2 unspecified atom stereocenters. The molecule has 1 heterocycles. The number of rotatable bonds is 4. The van der Waals surface area contributed by atoms with Gasteiger partial charge < -0.3 is 10.5 Å². The van der Waals surface area contributed by atoms with Gasteiger partial charge in [0.1, 0.15) is 0 Å². The SMILES string of the molecule is COC1(C)CCCN(S(=O)(=O)c2ccc(C(C)N)cc2)C1. The van der Waals surface area contributed by atoms with Crippen molar-refractivity contribution >= 4 is 10.0 Å². The molecule has 5 nitrogen and oxygen atoms in total. The Bertz CT molecular complexity index is 583. The van der Waals surface area contributed by atoms with Crippen LogP contribution in [0, 0.1) is 0 Å². The van der Waals surface area contributed by atoms with Gasteiger partial charge in [0.25, 0.3) is 0 Å². The van der Waals surface area contributed by atoms with Crippen LogP contribution in [-0.4, -0.2) is 38.5 Å². The molecule has 118 valence electrons. The van der Waals surface area contributed by atoms with E-state index in [1.165, 1.54) is 4.31 Å². The zero-order valence-corrected chi connectivity index (χ0v) is 13.7. The molecule has 2 atom stereocenters. The number of nitrogens with zero attached hydrogens (tertiary/aromatic N) is 1. The summed E-state index contributed by atoms with van der Waals surface area (Å²) in [5.74, 6) is 0. The van der Waals surface area contributed by atoms with E-state index in [1.807, 2.05) is 13.8 Å². The van der Waals surface area contributed by atoms with Crippen LogP contribution >= 0.6 is 0 Å². The van der Waals surface area contributed by atoms with Crippen LogP contribution in [0.4, 0.5) is 0 Å². The number of benzene rings is 1. The molecule has 0 saturated carbocycles. The fourth-order valence-corrected chi connectivity index (χ4v) is 4.22. The van der Waals surface area contributed by atoms with Gasteiger partial charge in [0.15, 0.2) is 0 Å². The quantitative estimate of drug-likeness (QED) is 0.921. The molecule has 0 aliphatic carbocycles. The highest BCUT2D eigenvalue weighted by Crippen LogP contribution is 2.28. The van der Waals surface area contributed by atoms with Crippen molar-refractivity contribution in [2.24, 2.45) is 5.73 Å². The van der Waals surface area contributed by atoms with Crippen LogP contribution in [0.15, 0.2) is 29.2 Å². The Morgan fingerprint density at radius 1 is 1.33 bits per heavy atom. The third-order valence-electron chi connectivity index (χ3n) is 4.16. The monoisotopic (exact) mass is 312 g/mol. The van der Waals surface area contributed by atoms with E-state index >= 15 is 0 Å². The van der Waals surface area contributed by atoms with Crippen LogP contribution in [0.3, 0.4) is 0 Å². The number of nitrogens with two attached hydrogens (primary N) is 1. The molecule has 1 aromatic carbocycles. The first-order valence-electron chi connectivity index (χ1n) is 7.19. The average molecular weight is 312 g/mol. The summed E-state index contributed by atoms with van der Waals surface area (Å²) in [7, 11) is -1.84. The lowest BCUT2D eigenvalue weighted by Gasteiger charge is -2.38. The van der Waals surface area contributed by atoms with E-state index in [-0.39, 0.29) is 6.04 Å². The number of hydrogen-bond acceptors (Lipinski definition) is 4. The third kappa shape index (κ3) is 3.45. The summed E-state index contributed by atoms with van der Waals surface area (Å²) in [5, 5.41) is 0. The predicted octanol–water partition coefficient (Wildman–Crippen LogP) is 1.90. The van der Waals surface area contributed by atoms with Gasteiger partial charge in [0.05, 0.1) is 10.5 Å². The summed E-state index contributed by atoms with van der Waals surface area (Å²) in [6.07, 6.45) is 1.68. The zero-order valence-electron chi connectivity index (χ0n) is 12.9. The maximum atomic E-state index is 12.7. The minimum absolute atomic E-state index is 0.103. The molecule has 6 heteroatoms. The van der Waals surface area contributed by atoms with Gasteiger partial charge in [0.2, 0.25) is 10.0 Å². The smallest absolute Gasteiger partial charge is 0.243 e. The molecule has 0 radical (unpaired) electrons. The van der Waals surface area contributed by atoms with Crippen LogP contribution in [0.2, 0.25) is 0 Å². The van der Waals surface area contributed by atoms with Gasteiger partial charge in [-0.05, 0) is 44.4 Å². The Balaban J connectivity index is 2.25. The highest BCUT2D eigenvalue weighted by Gasteiger charge is 2.36. The standard InChI is InChI=1S/C15H24N2O3S/c1-12(16)13-5-7-14(8-6-13)21(18,19)17-10-4-9-15(2,11-17)20-3/h5-8,12H,4,9-11,16H2,1-3H3. The van der Waals surface area contributed by atoms with E-state index < -0.39 is 15.6 Å². The van der Waals surface area contributed by atoms with Crippen molar-refractivity contribution in [3.63, 3.8) is 0 Å². The van der Waals surface area contributed by atoms with Crippen molar-refractivity contribution in [3.05, 3.63) is 29.8 Å².